The predicted molar refractivity (Wildman–Crippen MR) is 103 cm³/mol. The molecule has 0 amide bonds. The van der Waals surface area contributed by atoms with Crippen molar-refractivity contribution in [3.63, 3.8) is 0 Å². The largest absolute Gasteiger partial charge is 0.457 e. The van der Waals surface area contributed by atoms with Crippen molar-refractivity contribution >= 4 is 29.6 Å². The van der Waals surface area contributed by atoms with Crippen molar-refractivity contribution in [3.05, 3.63) is 63.4 Å². The average Bonchev–Trinajstić information content (AvgIpc) is 2.60. The van der Waals surface area contributed by atoms with Crippen LogP contribution in [0.1, 0.15) is 34.0 Å². The number of carbonyl (C=O) groups is 1. The third-order valence-electron chi connectivity index (χ3n) is 4.03. The highest BCUT2D eigenvalue weighted by molar-refractivity contribution is 6.30. The normalized spacial score (nSPS) is 11.0. The fourth-order valence-electron chi connectivity index (χ4n) is 2.26. The first-order chi connectivity index (χ1) is 12.3. The molecule has 0 atom stereocenters. The zero-order valence-corrected chi connectivity index (χ0v) is 16.1. The minimum Gasteiger partial charge on any atom is -0.457 e. The summed E-state index contributed by atoms with van der Waals surface area (Å²) in [5.74, 6) is -0.996. The molecule has 0 bridgehead atoms. The lowest BCUT2D eigenvalue weighted by atomic mass is 10.0. The van der Waals surface area contributed by atoms with Gasteiger partial charge in [0.15, 0.2) is 0 Å². The van der Waals surface area contributed by atoms with Crippen LogP contribution in [-0.2, 0) is 11.3 Å². The maximum atomic E-state index is 13.8. The number of hydrogen-bond donors (Lipinski definition) is 0. The van der Waals surface area contributed by atoms with Crippen LogP contribution in [0.3, 0.4) is 0 Å². The second kappa shape index (κ2) is 8.81. The van der Waals surface area contributed by atoms with Crippen LogP contribution in [0.4, 0.5) is 10.1 Å². The quantitative estimate of drug-likeness (QED) is 0.402. The number of ether oxygens (including phenoxy) is 1. The molecule has 0 saturated heterocycles. The van der Waals surface area contributed by atoms with Crippen LogP contribution in [0.5, 0.6) is 0 Å². The molecule has 0 spiro atoms. The zero-order chi connectivity index (χ0) is 19.3. The van der Waals surface area contributed by atoms with Crippen LogP contribution in [0, 0.1) is 19.7 Å². The highest BCUT2D eigenvalue weighted by atomic mass is 35.5. The number of rotatable bonds is 6. The maximum absolute atomic E-state index is 13.8. The van der Waals surface area contributed by atoms with Gasteiger partial charge in [0.2, 0.25) is 0 Å². The average molecular weight is 377 g/mol. The van der Waals surface area contributed by atoms with Gasteiger partial charge in [0, 0.05) is 24.2 Å². The molecule has 0 unspecified atom stereocenters. The summed E-state index contributed by atoms with van der Waals surface area (Å²) in [6.07, 6.45) is 1.75. The minimum atomic E-state index is -0.499. The molecule has 2 rings (SSSR count). The third kappa shape index (κ3) is 5.05. The van der Waals surface area contributed by atoms with E-state index in [4.69, 9.17) is 16.3 Å². The van der Waals surface area contributed by atoms with Crippen LogP contribution in [-0.4, -0.2) is 30.8 Å². The number of halogens is 2. The Bertz CT molecular complexity index is 837. The van der Waals surface area contributed by atoms with Gasteiger partial charge >= 0.3 is 5.97 Å². The zero-order valence-electron chi connectivity index (χ0n) is 15.3. The summed E-state index contributed by atoms with van der Waals surface area (Å²) in [6.45, 7) is 6.44. The summed E-state index contributed by atoms with van der Waals surface area (Å²) in [5, 5.41) is 0.300. The molecular weight excluding hydrogens is 355 g/mol. The van der Waals surface area contributed by atoms with Crippen LogP contribution < -0.4 is 0 Å². The van der Waals surface area contributed by atoms with Gasteiger partial charge in [-0.15, -0.1) is 0 Å². The summed E-state index contributed by atoms with van der Waals surface area (Å²) < 4.78 is 19.0. The molecule has 0 N–H and O–H groups in total. The molecule has 0 aliphatic heterocycles. The molecule has 2 aromatic carbocycles. The molecular formula is C20H22ClFN2O2. The van der Waals surface area contributed by atoms with Gasteiger partial charge in [-0.3, -0.25) is 0 Å². The third-order valence-corrected chi connectivity index (χ3v) is 4.26. The number of esters is 1. The van der Waals surface area contributed by atoms with Crippen molar-refractivity contribution < 1.29 is 13.9 Å². The molecule has 0 fully saturated rings. The fourth-order valence-corrected chi connectivity index (χ4v) is 2.42. The molecule has 6 heteroatoms. The van der Waals surface area contributed by atoms with Gasteiger partial charge < -0.3 is 9.64 Å². The molecule has 0 saturated carbocycles. The highest BCUT2D eigenvalue weighted by Crippen LogP contribution is 2.24. The van der Waals surface area contributed by atoms with E-state index in [1.807, 2.05) is 38.8 Å². The number of aryl methyl sites for hydroxylation is 2. The van der Waals surface area contributed by atoms with Gasteiger partial charge in [-0.25, -0.2) is 14.2 Å². The Balaban J connectivity index is 2.13. The Hall–Kier alpha value is -2.40. The molecule has 138 valence electrons. The van der Waals surface area contributed by atoms with Gasteiger partial charge in [0.25, 0.3) is 0 Å². The van der Waals surface area contributed by atoms with E-state index in [-0.39, 0.29) is 12.2 Å². The van der Waals surface area contributed by atoms with Crippen molar-refractivity contribution in [2.45, 2.75) is 27.4 Å². The Kier molecular flexibility index (Phi) is 6.75. The summed E-state index contributed by atoms with van der Waals surface area (Å²) in [5.41, 5.74) is 3.13. The summed E-state index contributed by atoms with van der Waals surface area (Å²) in [6, 6.07) is 7.85. The number of carbonyl (C=O) groups excluding carboxylic acids is 1. The molecule has 4 nitrogen and oxygen atoms in total. The number of hydrogen-bond acceptors (Lipinski definition) is 3. The van der Waals surface area contributed by atoms with Crippen molar-refractivity contribution in [2.24, 2.45) is 4.99 Å². The van der Waals surface area contributed by atoms with Crippen LogP contribution >= 0.6 is 11.6 Å². The van der Waals surface area contributed by atoms with E-state index in [0.717, 1.165) is 23.4 Å². The summed E-state index contributed by atoms with van der Waals surface area (Å²) in [7, 11) is 1.94. The molecule has 0 aliphatic carbocycles. The summed E-state index contributed by atoms with van der Waals surface area (Å²) in [4.78, 5) is 18.8. The van der Waals surface area contributed by atoms with Gasteiger partial charge in [0.05, 0.1) is 17.6 Å². The molecule has 26 heavy (non-hydrogen) atoms. The first-order valence-electron chi connectivity index (χ1n) is 8.28. The van der Waals surface area contributed by atoms with Crippen molar-refractivity contribution in [3.8, 4) is 0 Å². The molecule has 0 radical (unpaired) electrons. The lowest BCUT2D eigenvalue weighted by molar-refractivity contribution is 0.0468. The number of nitrogens with zero attached hydrogens (tertiary/aromatic N) is 2. The Morgan fingerprint density at radius 2 is 2.00 bits per heavy atom. The SMILES string of the molecule is CCN(C)/C=N/c1cc(C)c(C(=O)OCc2ccc(Cl)cc2F)cc1C. The van der Waals surface area contributed by atoms with E-state index in [9.17, 15) is 9.18 Å². The van der Waals surface area contributed by atoms with E-state index in [0.29, 0.717) is 10.6 Å². The first kappa shape index (κ1) is 19.9. The van der Waals surface area contributed by atoms with Crippen molar-refractivity contribution in [1.82, 2.24) is 4.90 Å². The van der Waals surface area contributed by atoms with E-state index >= 15 is 0 Å². The van der Waals surface area contributed by atoms with Crippen LogP contribution in [0.15, 0.2) is 35.3 Å². The van der Waals surface area contributed by atoms with Gasteiger partial charge in [-0.05, 0) is 56.2 Å². The van der Waals surface area contributed by atoms with Gasteiger partial charge in [0.1, 0.15) is 12.4 Å². The lowest BCUT2D eigenvalue weighted by Crippen LogP contribution is -2.14. The maximum Gasteiger partial charge on any atom is 0.338 e. The fraction of sp³-hybridized carbons (Fsp3) is 0.300. The number of benzene rings is 2. The molecule has 2 aromatic rings. The Labute approximate surface area is 158 Å². The molecule has 0 aliphatic rings. The standard InChI is InChI=1S/C20H22ClFN2O2/c1-5-24(4)12-23-19-9-13(2)17(8-14(19)3)20(25)26-11-15-6-7-16(21)10-18(15)22/h6-10,12H,5,11H2,1-4H3/b23-12+. The van der Waals surface area contributed by atoms with Crippen LogP contribution in [0.25, 0.3) is 0 Å². The Morgan fingerprint density at radius 3 is 2.65 bits per heavy atom. The van der Waals surface area contributed by atoms with Gasteiger partial charge in [-0.1, -0.05) is 17.7 Å². The molecule has 0 aromatic heterocycles. The topological polar surface area (TPSA) is 41.9 Å². The second-order valence-corrected chi connectivity index (χ2v) is 6.52. The Morgan fingerprint density at radius 1 is 1.27 bits per heavy atom. The minimum absolute atomic E-state index is 0.151. The van der Waals surface area contributed by atoms with E-state index in [1.54, 1.807) is 18.5 Å². The second-order valence-electron chi connectivity index (χ2n) is 6.08. The van der Waals surface area contributed by atoms with Crippen molar-refractivity contribution in [2.75, 3.05) is 13.6 Å². The van der Waals surface area contributed by atoms with Crippen molar-refractivity contribution in [1.29, 1.82) is 0 Å². The lowest BCUT2D eigenvalue weighted by Gasteiger charge is -2.12. The van der Waals surface area contributed by atoms with E-state index in [2.05, 4.69) is 4.99 Å². The predicted octanol–water partition coefficient (Wildman–Crippen LogP) is 5.06. The van der Waals surface area contributed by atoms with Crippen LogP contribution in [0.2, 0.25) is 5.02 Å². The monoisotopic (exact) mass is 376 g/mol. The van der Waals surface area contributed by atoms with E-state index < -0.39 is 11.8 Å². The smallest absolute Gasteiger partial charge is 0.338 e. The molecule has 0 heterocycles. The summed E-state index contributed by atoms with van der Waals surface area (Å²) >= 11 is 5.72. The van der Waals surface area contributed by atoms with E-state index in [1.165, 1.54) is 12.1 Å². The highest BCUT2D eigenvalue weighted by Gasteiger charge is 2.14. The van der Waals surface area contributed by atoms with Gasteiger partial charge in [-0.2, -0.15) is 0 Å². The first-order valence-corrected chi connectivity index (χ1v) is 8.66. The number of aliphatic imine (C=N–C) groups is 1.